The third-order valence-corrected chi connectivity index (χ3v) is 4.72. The SMILES string of the molecule is Cc1oc(-c2ccsc2)nc1CN1CCC(C)C(O)C1. The van der Waals surface area contributed by atoms with Crippen molar-refractivity contribution >= 4 is 11.3 Å². The molecule has 2 atom stereocenters. The molecule has 1 aliphatic rings. The van der Waals surface area contributed by atoms with Crippen LogP contribution in [0.25, 0.3) is 11.5 Å². The van der Waals surface area contributed by atoms with Gasteiger partial charge in [0.05, 0.1) is 11.8 Å². The van der Waals surface area contributed by atoms with E-state index in [9.17, 15) is 5.11 Å². The molecule has 3 heterocycles. The molecule has 0 radical (unpaired) electrons. The zero-order valence-corrected chi connectivity index (χ0v) is 12.7. The quantitative estimate of drug-likeness (QED) is 0.945. The van der Waals surface area contributed by atoms with E-state index < -0.39 is 0 Å². The molecular weight excluding hydrogens is 272 g/mol. The van der Waals surface area contributed by atoms with E-state index in [1.165, 1.54) is 0 Å². The summed E-state index contributed by atoms with van der Waals surface area (Å²) in [7, 11) is 0. The standard InChI is InChI=1S/C15H20N2O2S/c1-10-3-5-17(8-14(10)18)7-13-11(2)19-15(16-13)12-4-6-20-9-12/h4,6,9-10,14,18H,3,5,7-8H2,1-2H3. The van der Waals surface area contributed by atoms with Gasteiger partial charge in [-0.25, -0.2) is 4.98 Å². The van der Waals surface area contributed by atoms with Gasteiger partial charge in [-0.1, -0.05) is 6.92 Å². The molecule has 2 unspecified atom stereocenters. The van der Waals surface area contributed by atoms with Crippen molar-refractivity contribution in [2.24, 2.45) is 5.92 Å². The van der Waals surface area contributed by atoms with Crippen LogP contribution in [-0.4, -0.2) is 34.2 Å². The third kappa shape index (κ3) is 2.80. The zero-order chi connectivity index (χ0) is 14.1. The maximum absolute atomic E-state index is 9.97. The lowest BCUT2D eigenvalue weighted by atomic mass is 9.96. The largest absolute Gasteiger partial charge is 0.441 e. The minimum atomic E-state index is -0.229. The first-order valence-corrected chi connectivity index (χ1v) is 7.97. The van der Waals surface area contributed by atoms with E-state index in [1.54, 1.807) is 11.3 Å². The summed E-state index contributed by atoms with van der Waals surface area (Å²) >= 11 is 1.64. The van der Waals surface area contributed by atoms with Crippen LogP contribution in [0, 0.1) is 12.8 Å². The molecule has 5 heteroatoms. The Kier molecular flexibility index (Phi) is 3.92. The second kappa shape index (κ2) is 5.68. The maximum atomic E-state index is 9.97. The molecule has 0 amide bonds. The van der Waals surface area contributed by atoms with Crippen LogP contribution in [-0.2, 0) is 6.54 Å². The summed E-state index contributed by atoms with van der Waals surface area (Å²) in [5, 5.41) is 14.0. The van der Waals surface area contributed by atoms with E-state index in [4.69, 9.17) is 4.42 Å². The van der Waals surface area contributed by atoms with Gasteiger partial charge in [-0.3, -0.25) is 4.90 Å². The van der Waals surface area contributed by atoms with Gasteiger partial charge in [0.1, 0.15) is 5.76 Å². The van der Waals surface area contributed by atoms with Gasteiger partial charge in [-0.15, -0.1) is 0 Å². The lowest BCUT2D eigenvalue weighted by Crippen LogP contribution is -2.42. The number of oxazole rings is 1. The number of likely N-dealkylation sites (tertiary alicyclic amines) is 1. The van der Waals surface area contributed by atoms with Gasteiger partial charge in [-0.2, -0.15) is 11.3 Å². The normalized spacial score (nSPS) is 24.1. The maximum Gasteiger partial charge on any atom is 0.227 e. The highest BCUT2D eigenvalue weighted by molar-refractivity contribution is 7.08. The Morgan fingerprint density at radius 1 is 1.55 bits per heavy atom. The fraction of sp³-hybridized carbons (Fsp3) is 0.533. The molecule has 0 saturated carbocycles. The highest BCUT2D eigenvalue weighted by Crippen LogP contribution is 2.25. The lowest BCUT2D eigenvalue weighted by molar-refractivity contribution is 0.0253. The van der Waals surface area contributed by atoms with Crippen LogP contribution in [0.5, 0.6) is 0 Å². The summed E-state index contributed by atoms with van der Waals surface area (Å²) in [4.78, 5) is 6.86. The Hall–Kier alpha value is -1.17. The molecule has 2 aromatic heterocycles. The Balaban J connectivity index is 1.72. The van der Waals surface area contributed by atoms with E-state index >= 15 is 0 Å². The predicted octanol–water partition coefficient (Wildman–Crippen LogP) is 2.91. The van der Waals surface area contributed by atoms with Gasteiger partial charge in [0.2, 0.25) is 5.89 Å². The molecule has 3 rings (SSSR count). The Morgan fingerprint density at radius 2 is 2.40 bits per heavy atom. The van der Waals surface area contributed by atoms with Crippen LogP contribution in [0.2, 0.25) is 0 Å². The number of aryl methyl sites for hydroxylation is 1. The second-order valence-corrected chi connectivity index (χ2v) is 6.38. The summed E-state index contributed by atoms with van der Waals surface area (Å²) < 4.78 is 5.75. The first-order valence-electron chi connectivity index (χ1n) is 7.03. The third-order valence-electron chi connectivity index (χ3n) is 4.04. The number of β-amino-alcohol motifs (C(OH)–C–C–N with tert-alkyl or cyclic N) is 1. The minimum absolute atomic E-state index is 0.229. The Bertz CT molecular complexity index is 564. The highest BCUT2D eigenvalue weighted by Gasteiger charge is 2.25. The second-order valence-electron chi connectivity index (χ2n) is 5.60. The molecule has 0 aliphatic carbocycles. The van der Waals surface area contributed by atoms with Gasteiger partial charge < -0.3 is 9.52 Å². The monoisotopic (exact) mass is 292 g/mol. The molecule has 4 nitrogen and oxygen atoms in total. The molecule has 1 N–H and O–H groups in total. The van der Waals surface area contributed by atoms with Crippen molar-refractivity contribution in [1.29, 1.82) is 0 Å². The van der Waals surface area contributed by atoms with Crippen LogP contribution in [0.4, 0.5) is 0 Å². The van der Waals surface area contributed by atoms with Crippen molar-refractivity contribution in [2.75, 3.05) is 13.1 Å². The van der Waals surface area contributed by atoms with Gasteiger partial charge in [-0.05, 0) is 37.3 Å². The van der Waals surface area contributed by atoms with Crippen LogP contribution in [0.3, 0.4) is 0 Å². The van der Waals surface area contributed by atoms with Crippen molar-refractivity contribution < 1.29 is 9.52 Å². The number of thiophene rings is 1. The minimum Gasteiger partial charge on any atom is -0.441 e. The number of rotatable bonds is 3. The number of aliphatic hydroxyl groups excluding tert-OH is 1. The van der Waals surface area contributed by atoms with Crippen molar-refractivity contribution in [3.8, 4) is 11.5 Å². The summed E-state index contributed by atoms with van der Waals surface area (Å²) in [6.45, 7) is 6.56. The molecule has 1 aliphatic heterocycles. The molecule has 0 bridgehead atoms. The van der Waals surface area contributed by atoms with E-state index in [0.717, 1.165) is 43.1 Å². The van der Waals surface area contributed by atoms with E-state index in [1.807, 2.05) is 23.8 Å². The van der Waals surface area contributed by atoms with Crippen molar-refractivity contribution in [3.63, 3.8) is 0 Å². The highest BCUT2D eigenvalue weighted by atomic mass is 32.1. The topological polar surface area (TPSA) is 49.5 Å². The van der Waals surface area contributed by atoms with Gasteiger partial charge in [0.15, 0.2) is 0 Å². The Labute approximate surface area is 123 Å². The summed E-state index contributed by atoms with van der Waals surface area (Å²) in [6.07, 6.45) is 0.808. The number of nitrogens with zero attached hydrogens (tertiary/aromatic N) is 2. The smallest absolute Gasteiger partial charge is 0.227 e. The Morgan fingerprint density at radius 3 is 3.10 bits per heavy atom. The van der Waals surface area contributed by atoms with Gasteiger partial charge >= 0.3 is 0 Å². The predicted molar refractivity (Wildman–Crippen MR) is 79.6 cm³/mol. The molecular formula is C15H20N2O2S. The van der Waals surface area contributed by atoms with E-state index in [2.05, 4.69) is 16.8 Å². The van der Waals surface area contributed by atoms with Crippen molar-refractivity contribution in [1.82, 2.24) is 9.88 Å². The fourth-order valence-corrected chi connectivity index (χ4v) is 3.18. The molecule has 0 aromatic carbocycles. The first kappa shape index (κ1) is 13.8. The van der Waals surface area contributed by atoms with Gasteiger partial charge in [0, 0.05) is 24.0 Å². The van der Waals surface area contributed by atoms with Crippen LogP contribution < -0.4 is 0 Å². The number of hydrogen-bond donors (Lipinski definition) is 1. The summed E-state index contributed by atoms with van der Waals surface area (Å²) in [5.74, 6) is 1.97. The summed E-state index contributed by atoms with van der Waals surface area (Å²) in [6, 6.07) is 2.02. The van der Waals surface area contributed by atoms with E-state index in [-0.39, 0.29) is 6.10 Å². The molecule has 0 spiro atoms. The summed E-state index contributed by atoms with van der Waals surface area (Å²) in [5.41, 5.74) is 2.02. The number of piperidine rings is 1. The van der Waals surface area contributed by atoms with Crippen LogP contribution in [0.15, 0.2) is 21.2 Å². The fourth-order valence-electron chi connectivity index (χ4n) is 2.55. The molecule has 20 heavy (non-hydrogen) atoms. The number of aliphatic hydroxyl groups is 1. The number of aromatic nitrogens is 1. The first-order chi connectivity index (χ1) is 9.63. The lowest BCUT2D eigenvalue weighted by Gasteiger charge is -2.33. The molecule has 2 aromatic rings. The van der Waals surface area contributed by atoms with Crippen molar-refractivity contribution in [3.05, 3.63) is 28.3 Å². The van der Waals surface area contributed by atoms with Crippen LogP contribution in [0.1, 0.15) is 24.8 Å². The molecule has 1 fully saturated rings. The number of hydrogen-bond acceptors (Lipinski definition) is 5. The van der Waals surface area contributed by atoms with E-state index in [0.29, 0.717) is 11.8 Å². The molecule has 108 valence electrons. The average molecular weight is 292 g/mol. The average Bonchev–Trinajstić information content (AvgIpc) is 3.04. The zero-order valence-electron chi connectivity index (χ0n) is 11.9. The van der Waals surface area contributed by atoms with Crippen molar-refractivity contribution in [2.45, 2.75) is 32.9 Å². The van der Waals surface area contributed by atoms with Gasteiger partial charge in [0.25, 0.3) is 0 Å². The molecule has 1 saturated heterocycles. The van der Waals surface area contributed by atoms with Crippen LogP contribution >= 0.6 is 11.3 Å².